The van der Waals surface area contributed by atoms with Crippen LogP contribution in [0.2, 0.25) is 0 Å². The Morgan fingerprint density at radius 1 is 1.30 bits per heavy atom. The molecule has 1 amide bonds. The number of hydrazine groups is 1. The van der Waals surface area contributed by atoms with Gasteiger partial charge in [0.1, 0.15) is 0 Å². The Morgan fingerprint density at radius 2 is 1.95 bits per heavy atom. The Hall–Kier alpha value is -1.80. The van der Waals surface area contributed by atoms with E-state index in [0.717, 1.165) is 18.2 Å². The minimum absolute atomic E-state index is 0.0933. The van der Waals surface area contributed by atoms with E-state index in [1.54, 1.807) is 0 Å². The summed E-state index contributed by atoms with van der Waals surface area (Å²) in [5.74, 6) is 4.76. The Morgan fingerprint density at radius 3 is 2.50 bits per heavy atom. The average molecular weight is 289 g/mol. The molecule has 0 radical (unpaired) electrons. The number of anilines is 1. The van der Waals surface area contributed by atoms with Crippen LogP contribution in [0.15, 0.2) is 18.2 Å². The van der Waals surface area contributed by atoms with Crippen molar-refractivity contribution in [1.82, 2.24) is 4.90 Å². The maximum absolute atomic E-state index is 12.7. The standard InChI is InChI=1S/C12H14F3N3O2/c13-12(14,15)8-1-2-10(17-16)9(7-8)11(19)18-3-5-20-6-4-18/h1-2,7,17H,3-6,16H2. The van der Waals surface area contributed by atoms with E-state index < -0.39 is 17.6 Å². The summed E-state index contributed by atoms with van der Waals surface area (Å²) in [6.45, 7) is 1.43. The largest absolute Gasteiger partial charge is 0.416 e. The predicted octanol–water partition coefficient (Wildman–Crippen LogP) is 1.46. The van der Waals surface area contributed by atoms with Crippen molar-refractivity contribution in [2.45, 2.75) is 6.18 Å². The smallest absolute Gasteiger partial charge is 0.378 e. The lowest BCUT2D eigenvalue weighted by atomic mass is 10.1. The van der Waals surface area contributed by atoms with Gasteiger partial charge in [-0.1, -0.05) is 0 Å². The topological polar surface area (TPSA) is 67.6 Å². The molecule has 0 bridgehead atoms. The molecule has 5 nitrogen and oxygen atoms in total. The normalized spacial score (nSPS) is 16.1. The number of morpholine rings is 1. The van der Waals surface area contributed by atoms with Gasteiger partial charge in [-0.2, -0.15) is 13.2 Å². The number of carbonyl (C=O) groups is 1. The molecule has 1 aliphatic heterocycles. The first-order chi connectivity index (χ1) is 9.43. The molecule has 1 fully saturated rings. The second-order valence-corrected chi connectivity index (χ2v) is 4.31. The molecule has 0 aliphatic carbocycles. The summed E-state index contributed by atoms with van der Waals surface area (Å²) in [6, 6.07) is 2.84. The van der Waals surface area contributed by atoms with Crippen LogP contribution >= 0.6 is 0 Å². The first kappa shape index (κ1) is 14.6. The van der Waals surface area contributed by atoms with Crippen LogP contribution in [0, 0.1) is 0 Å². The van der Waals surface area contributed by atoms with E-state index in [1.165, 1.54) is 4.90 Å². The van der Waals surface area contributed by atoms with E-state index in [0.29, 0.717) is 26.3 Å². The van der Waals surface area contributed by atoms with Crippen molar-refractivity contribution >= 4 is 11.6 Å². The number of amides is 1. The molecule has 3 N–H and O–H groups in total. The number of halogens is 3. The second-order valence-electron chi connectivity index (χ2n) is 4.31. The average Bonchev–Trinajstić information content (AvgIpc) is 2.45. The monoisotopic (exact) mass is 289 g/mol. The molecular formula is C12H14F3N3O2. The van der Waals surface area contributed by atoms with Gasteiger partial charge in [0.25, 0.3) is 5.91 Å². The fourth-order valence-electron chi connectivity index (χ4n) is 1.96. The molecule has 1 saturated heterocycles. The third kappa shape index (κ3) is 3.02. The molecule has 0 unspecified atom stereocenters. The van der Waals surface area contributed by atoms with Crippen LogP contribution in [-0.4, -0.2) is 37.1 Å². The van der Waals surface area contributed by atoms with Crippen LogP contribution in [0.1, 0.15) is 15.9 Å². The fourth-order valence-corrected chi connectivity index (χ4v) is 1.96. The fraction of sp³-hybridized carbons (Fsp3) is 0.417. The SMILES string of the molecule is NNc1ccc(C(F)(F)F)cc1C(=O)N1CCOCC1. The van der Waals surface area contributed by atoms with Gasteiger partial charge >= 0.3 is 6.18 Å². The summed E-state index contributed by atoms with van der Waals surface area (Å²) in [6.07, 6.45) is -4.51. The molecular weight excluding hydrogens is 275 g/mol. The molecule has 0 saturated carbocycles. The van der Waals surface area contributed by atoms with E-state index in [1.807, 2.05) is 0 Å². The number of hydrogen-bond donors (Lipinski definition) is 2. The number of ether oxygens (including phenoxy) is 1. The van der Waals surface area contributed by atoms with Crippen molar-refractivity contribution in [2.24, 2.45) is 5.84 Å². The van der Waals surface area contributed by atoms with E-state index in [4.69, 9.17) is 10.6 Å². The van der Waals surface area contributed by atoms with Crippen molar-refractivity contribution in [3.8, 4) is 0 Å². The second kappa shape index (κ2) is 5.68. The molecule has 20 heavy (non-hydrogen) atoms. The number of carbonyl (C=O) groups excluding carboxylic acids is 1. The highest BCUT2D eigenvalue weighted by atomic mass is 19.4. The van der Waals surface area contributed by atoms with Gasteiger partial charge < -0.3 is 15.1 Å². The summed E-state index contributed by atoms with van der Waals surface area (Å²) in [5.41, 5.74) is 1.44. The molecule has 8 heteroatoms. The Kier molecular flexibility index (Phi) is 4.15. The van der Waals surface area contributed by atoms with Crippen LogP contribution in [0.25, 0.3) is 0 Å². The number of nitrogen functional groups attached to an aromatic ring is 1. The van der Waals surface area contributed by atoms with Crippen LogP contribution < -0.4 is 11.3 Å². The van der Waals surface area contributed by atoms with Crippen LogP contribution in [-0.2, 0) is 10.9 Å². The van der Waals surface area contributed by atoms with Crippen molar-refractivity contribution in [3.63, 3.8) is 0 Å². The number of benzene rings is 1. The number of hydrogen-bond acceptors (Lipinski definition) is 4. The lowest BCUT2D eigenvalue weighted by Crippen LogP contribution is -2.41. The zero-order chi connectivity index (χ0) is 14.8. The first-order valence-corrected chi connectivity index (χ1v) is 5.98. The van der Waals surface area contributed by atoms with Crippen LogP contribution in [0.5, 0.6) is 0 Å². The number of nitrogens with two attached hydrogens (primary N) is 1. The van der Waals surface area contributed by atoms with E-state index in [2.05, 4.69) is 5.43 Å². The van der Waals surface area contributed by atoms with Gasteiger partial charge in [-0.05, 0) is 18.2 Å². The number of nitrogens with zero attached hydrogens (tertiary/aromatic N) is 1. The third-order valence-electron chi connectivity index (χ3n) is 3.03. The molecule has 0 atom stereocenters. The number of rotatable bonds is 2. The van der Waals surface area contributed by atoms with E-state index >= 15 is 0 Å². The van der Waals surface area contributed by atoms with E-state index in [9.17, 15) is 18.0 Å². The molecule has 2 rings (SSSR count). The lowest BCUT2D eigenvalue weighted by Gasteiger charge is -2.27. The van der Waals surface area contributed by atoms with Gasteiger partial charge in [-0.15, -0.1) is 0 Å². The number of alkyl halides is 3. The maximum atomic E-state index is 12.7. The Balaban J connectivity index is 2.34. The van der Waals surface area contributed by atoms with Gasteiger partial charge in [0.05, 0.1) is 30.0 Å². The lowest BCUT2D eigenvalue weighted by molar-refractivity contribution is -0.137. The Labute approximate surface area is 113 Å². The van der Waals surface area contributed by atoms with Gasteiger partial charge in [-0.3, -0.25) is 10.6 Å². The molecule has 1 aromatic carbocycles. The Bertz CT molecular complexity index is 499. The quantitative estimate of drug-likeness (QED) is 0.639. The van der Waals surface area contributed by atoms with Crippen LogP contribution in [0.4, 0.5) is 18.9 Å². The number of nitrogens with one attached hydrogen (secondary N) is 1. The van der Waals surface area contributed by atoms with Crippen LogP contribution in [0.3, 0.4) is 0 Å². The summed E-state index contributed by atoms with van der Waals surface area (Å²) in [7, 11) is 0. The van der Waals surface area contributed by atoms with Crippen molar-refractivity contribution < 1.29 is 22.7 Å². The summed E-state index contributed by atoms with van der Waals surface area (Å²) in [4.78, 5) is 13.7. The van der Waals surface area contributed by atoms with Crippen molar-refractivity contribution in [1.29, 1.82) is 0 Å². The zero-order valence-electron chi connectivity index (χ0n) is 10.5. The third-order valence-corrected chi connectivity index (χ3v) is 3.03. The molecule has 0 aromatic heterocycles. The molecule has 1 aromatic rings. The summed E-state index contributed by atoms with van der Waals surface area (Å²) in [5, 5.41) is 0. The highest BCUT2D eigenvalue weighted by Gasteiger charge is 2.32. The van der Waals surface area contributed by atoms with Gasteiger partial charge in [0.15, 0.2) is 0 Å². The minimum Gasteiger partial charge on any atom is -0.378 e. The molecule has 1 heterocycles. The molecule has 110 valence electrons. The first-order valence-electron chi connectivity index (χ1n) is 5.98. The molecule has 1 aliphatic rings. The minimum atomic E-state index is -4.51. The summed E-state index contributed by atoms with van der Waals surface area (Å²) >= 11 is 0. The zero-order valence-corrected chi connectivity index (χ0v) is 10.5. The summed E-state index contributed by atoms with van der Waals surface area (Å²) < 4.78 is 43.2. The van der Waals surface area contributed by atoms with E-state index in [-0.39, 0.29) is 11.3 Å². The molecule has 0 spiro atoms. The van der Waals surface area contributed by atoms with Gasteiger partial charge in [0.2, 0.25) is 0 Å². The maximum Gasteiger partial charge on any atom is 0.416 e. The van der Waals surface area contributed by atoms with Gasteiger partial charge in [0, 0.05) is 13.1 Å². The highest BCUT2D eigenvalue weighted by molar-refractivity contribution is 5.99. The highest BCUT2D eigenvalue weighted by Crippen LogP contribution is 2.32. The van der Waals surface area contributed by atoms with Gasteiger partial charge in [-0.25, -0.2) is 0 Å². The van der Waals surface area contributed by atoms with Crippen molar-refractivity contribution in [2.75, 3.05) is 31.7 Å². The predicted molar refractivity (Wildman–Crippen MR) is 66.0 cm³/mol. The van der Waals surface area contributed by atoms with Crippen molar-refractivity contribution in [3.05, 3.63) is 29.3 Å².